The van der Waals surface area contributed by atoms with Crippen molar-refractivity contribution in [3.63, 3.8) is 0 Å². The van der Waals surface area contributed by atoms with Gasteiger partial charge in [-0.05, 0) is 169 Å². The lowest BCUT2D eigenvalue weighted by atomic mass is 9.78. The Morgan fingerprint density at radius 3 is 1.60 bits per heavy atom. The first-order valence-corrected chi connectivity index (χ1v) is 23.0. The molecule has 0 bridgehead atoms. The second kappa shape index (κ2) is 15.3. The van der Waals surface area contributed by atoms with Gasteiger partial charge in [-0.3, -0.25) is 0 Å². The number of rotatable bonds is 7. The van der Waals surface area contributed by atoms with Crippen molar-refractivity contribution in [2.24, 2.45) is 5.92 Å². The molecule has 1 atom stereocenters. The molecular formula is C62H55N. The number of benzene rings is 7. The van der Waals surface area contributed by atoms with Gasteiger partial charge in [0, 0.05) is 27.9 Å². The zero-order valence-corrected chi connectivity index (χ0v) is 37.3. The number of hydrogen-bond acceptors (Lipinski definition) is 1. The van der Waals surface area contributed by atoms with E-state index in [0.29, 0.717) is 5.92 Å². The molecule has 308 valence electrons. The first kappa shape index (κ1) is 39.2. The van der Waals surface area contributed by atoms with Crippen LogP contribution in [-0.2, 0) is 10.8 Å². The van der Waals surface area contributed by atoms with Crippen LogP contribution in [0.4, 0.5) is 17.1 Å². The maximum atomic E-state index is 2.45. The van der Waals surface area contributed by atoms with E-state index < -0.39 is 0 Å². The first-order chi connectivity index (χ1) is 30.6. The Labute approximate surface area is 374 Å². The minimum Gasteiger partial charge on any atom is -0.311 e. The number of allylic oxidation sites excluding steroid dienone is 8. The molecule has 0 radical (unpaired) electrons. The molecule has 63 heavy (non-hydrogen) atoms. The Kier molecular flexibility index (Phi) is 9.50. The second-order valence-corrected chi connectivity index (χ2v) is 19.3. The van der Waals surface area contributed by atoms with Crippen LogP contribution in [-0.4, -0.2) is 0 Å². The SMILES string of the molecule is CC1C=CC2=C(C1)c1ccc(-c3ccc(N(c4ccc(-c5ccc(C6=CC=CCCC6)cc5)cc4)c4ccc(-c5ccc6c(c5)C(C)(C)c5ccccc5-6)cc4)cc3)cc1C2(C)C. The molecule has 0 amide bonds. The Morgan fingerprint density at radius 1 is 0.492 bits per heavy atom. The third kappa shape index (κ3) is 6.77. The van der Waals surface area contributed by atoms with E-state index in [0.717, 1.165) is 36.3 Å². The predicted octanol–water partition coefficient (Wildman–Crippen LogP) is 17.2. The Hall–Kier alpha value is -6.70. The molecule has 0 aliphatic heterocycles. The van der Waals surface area contributed by atoms with Gasteiger partial charge in [-0.25, -0.2) is 0 Å². The van der Waals surface area contributed by atoms with Crippen LogP contribution in [0.1, 0.15) is 88.1 Å². The Morgan fingerprint density at radius 2 is 0.984 bits per heavy atom. The lowest BCUT2D eigenvalue weighted by Gasteiger charge is -2.26. The highest BCUT2D eigenvalue weighted by Gasteiger charge is 2.38. The fraction of sp³-hybridized carbons (Fsp3) is 0.194. The minimum atomic E-state index is -0.0363. The van der Waals surface area contributed by atoms with Gasteiger partial charge in [-0.1, -0.05) is 174 Å². The van der Waals surface area contributed by atoms with E-state index in [9.17, 15) is 0 Å². The van der Waals surface area contributed by atoms with Crippen molar-refractivity contribution in [2.45, 2.75) is 71.1 Å². The molecule has 1 unspecified atom stereocenters. The third-order valence-corrected chi connectivity index (χ3v) is 14.6. The fourth-order valence-corrected chi connectivity index (χ4v) is 11.0. The molecule has 7 aromatic rings. The van der Waals surface area contributed by atoms with Gasteiger partial charge in [0.1, 0.15) is 0 Å². The number of nitrogens with zero attached hydrogens (tertiary/aromatic N) is 1. The van der Waals surface area contributed by atoms with Crippen LogP contribution in [0.25, 0.3) is 55.7 Å². The summed E-state index contributed by atoms with van der Waals surface area (Å²) in [6.07, 6.45) is 16.2. The van der Waals surface area contributed by atoms with Crippen molar-refractivity contribution < 1.29 is 0 Å². The summed E-state index contributed by atoms with van der Waals surface area (Å²) in [7, 11) is 0. The highest BCUT2D eigenvalue weighted by atomic mass is 15.1. The second-order valence-electron chi connectivity index (χ2n) is 19.3. The number of hydrogen-bond donors (Lipinski definition) is 0. The van der Waals surface area contributed by atoms with Crippen LogP contribution in [0.5, 0.6) is 0 Å². The highest BCUT2D eigenvalue weighted by molar-refractivity contribution is 5.87. The van der Waals surface area contributed by atoms with Crippen LogP contribution in [0.3, 0.4) is 0 Å². The summed E-state index contributed by atoms with van der Waals surface area (Å²) >= 11 is 0. The van der Waals surface area contributed by atoms with Crippen LogP contribution < -0.4 is 4.90 Å². The van der Waals surface area contributed by atoms with Gasteiger partial charge in [-0.15, -0.1) is 0 Å². The van der Waals surface area contributed by atoms with E-state index in [4.69, 9.17) is 0 Å². The summed E-state index contributed by atoms with van der Waals surface area (Å²) in [5, 5.41) is 0. The Bertz CT molecular complexity index is 3020. The predicted molar refractivity (Wildman–Crippen MR) is 269 cm³/mol. The summed E-state index contributed by atoms with van der Waals surface area (Å²) < 4.78 is 0. The normalized spacial score (nSPS) is 17.7. The van der Waals surface area contributed by atoms with Crippen molar-refractivity contribution in [2.75, 3.05) is 4.90 Å². The van der Waals surface area contributed by atoms with E-state index in [-0.39, 0.29) is 10.8 Å². The molecule has 1 heteroatoms. The van der Waals surface area contributed by atoms with Crippen molar-refractivity contribution in [1.82, 2.24) is 0 Å². The first-order valence-electron chi connectivity index (χ1n) is 23.0. The van der Waals surface area contributed by atoms with Gasteiger partial charge in [0.15, 0.2) is 0 Å². The van der Waals surface area contributed by atoms with Crippen molar-refractivity contribution >= 4 is 28.2 Å². The van der Waals surface area contributed by atoms with E-state index in [1.165, 1.54) is 95.5 Å². The quantitative estimate of drug-likeness (QED) is 0.155. The molecule has 0 heterocycles. The molecule has 0 saturated heterocycles. The summed E-state index contributed by atoms with van der Waals surface area (Å²) in [6.45, 7) is 11.8. The van der Waals surface area contributed by atoms with E-state index in [2.05, 4.69) is 228 Å². The summed E-state index contributed by atoms with van der Waals surface area (Å²) in [4.78, 5) is 2.40. The van der Waals surface area contributed by atoms with Crippen LogP contribution in [0, 0.1) is 5.92 Å². The zero-order valence-electron chi connectivity index (χ0n) is 37.3. The van der Waals surface area contributed by atoms with Gasteiger partial charge in [0.2, 0.25) is 0 Å². The molecule has 11 rings (SSSR count). The van der Waals surface area contributed by atoms with Gasteiger partial charge in [0.25, 0.3) is 0 Å². The highest BCUT2D eigenvalue weighted by Crippen LogP contribution is 2.52. The molecule has 0 saturated carbocycles. The summed E-state index contributed by atoms with van der Waals surface area (Å²) in [5.41, 5.74) is 24.9. The van der Waals surface area contributed by atoms with Gasteiger partial charge < -0.3 is 4.90 Å². The molecule has 7 aromatic carbocycles. The average Bonchev–Trinajstić information content (AvgIpc) is 3.49. The number of fused-ring (bicyclic) bond motifs is 5. The summed E-state index contributed by atoms with van der Waals surface area (Å²) in [5.74, 6) is 0.580. The van der Waals surface area contributed by atoms with E-state index in [1.54, 1.807) is 0 Å². The maximum absolute atomic E-state index is 2.45. The lowest BCUT2D eigenvalue weighted by Crippen LogP contribution is -2.17. The van der Waals surface area contributed by atoms with E-state index in [1.807, 2.05) is 0 Å². The molecule has 0 N–H and O–H groups in total. The van der Waals surface area contributed by atoms with Crippen molar-refractivity contribution in [1.29, 1.82) is 0 Å². The van der Waals surface area contributed by atoms with Gasteiger partial charge in [-0.2, -0.15) is 0 Å². The van der Waals surface area contributed by atoms with Crippen LogP contribution >= 0.6 is 0 Å². The smallest absolute Gasteiger partial charge is 0.0462 e. The molecular weight excluding hydrogens is 759 g/mol. The number of anilines is 3. The van der Waals surface area contributed by atoms with Crippen LogP contribution in [0.15, 0.2) is 194 Å². The van der Waals surface area contributed by atoms with Crippen LogP contribution in [0.2, 0.25) is 0 Å². The fourth-order valence-electron chi connectivity index (χ4n) is 11.0. The monoisotopic (exact) mass is 813 g/mol. The summed E-state index contributed by atoms with van der Waals surface area (Å²) in [6, 6.07) is 59.6. The van der Waals surface area contributed by atoms with E-state index >= 15 is 0 Å². The molecule has 4 aliphatic carbocycles. The average molecular weight is 814 g/mol. The van der Waals surface area contributed by atoms with Crippen molar-refractivity contribution in [3.8, 4) is 44.5 Å². The minimum absolute atomic E-state index is 0.000598. The molecule has 1 nitrogen and oxygen atoms in total. The van der Waals surface area contributed by atoms with Gasteiger partial charge >= 0.3 is 0 Å². The molecule has 0 fully saturated rings. The standard InChI is InChI=1S/C62H55N/c1-41-16-37-58-56(38-41)55-36-28-49(40-60(55)62(58,4)5)47-25-33-52(34-26-47)63(50-29-21-45(22-30-50)44-19-17-43(18-20-44)42-12-8-6-7-9-13-42)51-31-23-46(24-32-51)48-27-35-54-53-14-10-11-15-57(53)61(2,3)59(54)39-48/h6,8,10-12,14-37,39-41H,7,9,13,38H2,1-5H3. The topological polar surface area (TPSA) is 3.24 Å². The Balaban J connectivity index is 0.923. The molecule has 0 aromatic heterocycles. The largest absolute Gasteiger partial charge is 0.311 e. The lowest BCUT2D eigenvalue weighted by molar-refractivity contribution is 0.643. The maximum Gasteiger partial charge on any atom is 0.0462 e. The van der Waals surface area contributed by atoms with Crippen molar-refractivity contribution in [3.05, 3.63) is 221 Å². The van der Waals surface area contributed by atoms with Gasteiger partial charge in [0.05, 0.1) is 0 Å². The third-order valence-electron chi connectivity index (χ3n) is 14.6. The molecule has 4 aliphatic rings. The molecule has 0 spiro atoms. The zero-order chi connectivity index (χ0) is 42.9.